The van der Waals surface area contributed by atoms with Gasteiger partial charge in [0, 0.05) is 18.5 Å². The van der Waals surface area contributed by atoms with E-state index < -0.39 is 5.97 Å². The van der Waals surface area contributed by atoms with Crippen LogP contribution < -0.4 is 10.1 Å². The number of ether oxygens (including phenoxy) is 1. The fourth-order valence-electron chi connectivity index (χ4n) is 2.50. The number of para-hydroxylation sites is 1. The average molecular weight is 341 g/mol. The number of rotatable bonds is 8. The molecular weight excluding hydrogens is 318 g/mol. The first-order valence-corrected chi connectivity index (χ1v) is 8.30. The van der Waals surface area contributed by atoms with Crippen molar-refractivity contribution in [3.05, 3.63) is 65.2 Å². The Labute approximate surface area is 147 Å². The molecule has 0 aliphatic carbocycles. The van der Waals surface area contributed by atoms with E-state index in [2.05, 4.69) is 5.32 Å². The molecule has 0 aliphatic rings. The zero-order valence-electron chi connectivity index (χ0n) is 14.5. The second-order valence-electron chi connectivity index (χ2n) is 6.01. The lowest BCUT2D eigenvalue weighted by Gasteiger charge is -2.14. The van der Waals surface area contributed by atoms with Crippen molar-refractivity contribution in [2.24, 2.45) is 0 Å². The molecule has 132 valence electrons. The van der Waals surface area contributed by atoms with Crippen molar-refractivity contribution in [1.82, 2.24) is 5.32 Å². The van der Waals surface area contributed by atoms with E-state index in [9.17, 15) is 14.7 Å². The molecular formula is C20H23NO4. The van der Waals surface area contributed by atoms with Gasteiger partial charge in [-0.1, -0.05) is 36.4 Å². The Bertz CT molecular complexity index is 740. The third-order valence-electron chi connectivity index (χ3n) is 3.68. The molecule has 0 saturated heterocycles. The summed E-state index contributed by atoms with van der Waals surface area (Å²) >= 11 is 0. The van der Waals surface area contributed by atoms with Gasteiger partial charge in [-0.2, -0.15) is 0 Å². The maximum Gasteiger partial charge on any atom is 0.335 e. The van der Waals surface area contributed by atoms with Crippen LogP contribution in [0.25, 0.3) is 0 Å². The minimum absolute atomic E-state index is 0.0596. The van der Waals surface area contributed by atoms with Crippen LogP contribution in [0.2, 0.25) is 0 Å². The SMILES string of the molecule is CC(C)Oc1ccccc1CNC(=O)CCc1ccccc1C(=O)O. The van der Waals surface area contributed by atoms with Gasteiger partial charge in [0.05, 0.1) is 11.7 Å². The largest absolute Gasteiger partial charge is 0.491 e. The number of carbonyl (C=O) groups is 2. The quantitative estimate of drug-likeness (QED) is 0.771. The van der Waals surface area contributed by atoms with Gasteiger partial charge in [0.15, 0.2) is 0 Å². The summed E-state index contributed by atoms with van der Waals surface area (Å²) in [7, 11) is 0. The van der Waals surface area contributed by atoms with Crippen molar-refractivity contribution in [3.8, 4) is 5.75 Å². The third-order valence-corrected chi connectivity index (χ3v) is 3.68. The lowest BCUT2D eigenvalue weighted by molar-refractivity contribution is -0.121. The number of carboxylic acid groups (broad SMARTS) is 1. The van der Waals surface area contributed by atoms with Gasteiger partial charge in [-0.05, 0) is 38.0 Å². The topological polar surface area (TPSA) is 75.6 Å². The summed E-state index contributed by atoms with van der Waals surface area (Å²) in [6.07, 6.45) is 0.681. The molecule has 0 unspecified atom stereocenters. The minimum atomic E-state index is -0.976. The summed E-state index contributed by atoms with van der Waals surface area (Å²) in [5, 5.41) is 12.0. The van der Waals surface area contributed by atoms with Gasteiger partial charge in [0.1, 0.15) is 5.75 Å². The summed E-state index contributed by atoms with van der Waals surface area (Å²) < 4.78 is 5.73. The van der Waals surface area contributed by atoms with Crippen LogP contribution in [0.3, 0.4) is 0 Å². The predicted octanol–water partition coefficient (Wildman–Crippen LogP) is 3.42. The molecule has 0 heterocycles. The highest BCUT2D eigenvalue weighted by Gasteiger charge is 2.11. The first-order valence-electron chi connectivity index (χ1n) is 8.30. The summed E-state index contributed by atoms with van der Waals surface area (Å²) in [6.45, 7) is 4.28. The van der Waals surface area contributed by atoms with Gasteiger partial charge in [-0.15, -0.1) is 0 Å². The molecule has 0 atom stereocenters. The summed E-state index contributed by atoms with van der Waals surface area (Å²) in [4.78, 5) is 23.3. The Morgan fingerprint density at radius 1 is 1.04 bits per heavy atom. The second-order valence-corrected chi connectivity index (χ2v) is 6.01. The fourth-order valence-corrected chi connectivity index (χ4v) is 2.50. The highest BCUT2D eigenvalue weighted by molar-refractivity contribution is 5.89. The van der Waals surface area contributed by atoms with Gasteiger partial charge in [0.25, 0.3) is 0 Å². The zero-order chi connectivity index (χ0) is 18.2. The molecule has 2 aromatic rings. The molecule has 0 radical (unpaired) electrons. The van der Waals surface area contributed by atoms with E-state index in [-0.39, 0.29) is 24.0 Å². The number of hydrogen-bond donors (Lipinski definition) is 2. The Balaban J connectivity index is 1.91. The van der Waals surface area contributed by atoms with Crippen LogP contribution >= 0.6 is 0 Å². The van der Waals surface area contributed by atoms with Crippen molar-refractivity contribution in [3.63, 3.8) is 0 Å². The normalized spacial score (nSPS) is 10.5. The molecule has 0 aromatic heterocycles. The highest BCUT2D eigenvalue weighted by atomic mass is 16.5. The molecule has 0 saturated carbocycles. The van der Waals surface area contributed by atoms with Crippen molar-refractivity contribution < 1.29 is 19.4 Å². The van der Waals surface area contributed by atoms with E-state index in [1.54, 1.807) is 24.3 Å². The second kappa shape index (κ2) is 8.87. The van der Waals surface area contributed by atoms with Crippen LogP contribution in [0.1, 0.15) is 41.8 Å². The summed E-state index contributed by atoms with van der Waals surface area (Å²) in [5.41, 5.74) is 1.81. The molecule has 0 fully saturated rings. The van der Waals surface area contributed by atoms with E-state index in [4.69, 9.17) is 4.74 Å². The van der Waals surface area contributed by atoms with Gasteiger partial charge < -0.3 is 15.2 Å². The molecule has 1 amide bonds. The standard InChI is InChI=1S/C20H23NO4/c1-14(2)25-18-10-6-4-8-16(18)13-21-19(22)12-11-15-7-3-5-9-17(15)20(23)24/h3-10,14H,11-13H2,1-2H3,(H,21,22)(H,23,24). The summed E-state index contributed by atoms with van der Waals surface area (Å²) in [6, 6.07) is 14.3. The third kappa shape index (κ3) is 5.64. The van der Waals surface area contributed by atoms with Crippen molar-refractivity contribution in [1.29, 1.82) is 0 Å². The first-order chi connectivity index (χ1) is 12.0. The number of carbonyl (C=O) groups excluding carboxylic acids is 1. The van der Waals surface area contributed by atoms with Crippen LogP contribution in [0.5, 0.6) is 5.75 Å². The highest BCUT2D eigenvalue weighted by Crippen LogP contribution is 2.19. The molecule has 2 N–H and O–H groups in total. The Kier molecular flexibility index (Phi) is 6.57. The van der Waals surface area contributed by atoms with Crippen LogP contribution in [-0.2, 0) is 17.8 Å². The fraction of sp³-hybridized carbons (Fsp3) is 0.300. The van der Waals surface area contributed by atoms with Crippen LogP contribution in [0.4, 0.5) is 0 Å². The lowest BCUT2D eigenvalue weighted by atomic mass is 10.0. The maximum absolute atomic E-state index is 12.1. The Morgan fingerprint density at radius 2 is 1.68 bits per heavy atom. The van der Waals surface area contributed by atoms with Gasteiger partial charge in [-0.3, -0.25) is 4.79 Å². The molecule has 0 aliphatic heterocycles. The number of amides is 1. The molecule has 2 rings (SSSR count). The molecule has 25 heavy (non-hydrogen) atoms. The lowest BCUT2D eigenvalue weighted by Crippen LogP contribution is -2.24. The van der Waals surface area contributed by atoms with E-state index in [0.29, 0.717) is 18.5 Å². The predicted molar refractivity (Wildman–Crippen MR) is 95.8 cm³/mol. The molecule has 5 nitrogen and oxygen atoms in total. The van der Waals surface area contributed by atoms with Crippen molar-refractivity contribution in [2.45, 2.75) is 39.3 Å². The van der Waals surface area contributed by atoms with Gasteiger partial charge in [0.2, 0.25) is 5.91 Å². The molecule has 0 bridgehead atoms. The van der Waals surface area contributed by atoms with E-state index in [1.807, 2.05) is 38.1 Å². The molecule has 2 aromatic carbocycles. The maximum atomic E-state index is 12.1. The van der Waals surface area contributed by atoms with E-state index >= 15 is 0 Å². The first kappa shape index (κ1) is 18.5. The van der Waals surface area contributed by atoms with E-state index in [0.717, 1.165) is 11.3 Å². The number of carboxylic acids is 1. The minimum Gasteiger partial charge on any atom is -0.491 e. The number of benzene rings is 2. The molecule has 5 heteroatoms. The zero-order valence-corrected chi connectivity index (χ0v) is 14.5. The average Bonchev–Trinajstić information content (AvgIpc) is 2.59. The van der Waals surface area contributed by atoms with Crippen molar-refractivity contribution in [2.75, 3.05) is 0 Å². The van der Waals surface area contributed by atoms with Crippen LogP contribution in [0, 0.1) is 0 Å². The number of hydrogen-bond acceptors (Lipinski definition) is 3. The van der Waals surface area contributed by atoms with Crippen molar-refractivity contribution >= 4 is 11.9 Å². The number of aromatic carboxylic acids is 1. The Morgan fingerprint density at radius 3 is 2.36 bits per heavy atom. The summed E-state index contributed by atoms with van der Waals surface area (Å²) in [5.74, 6) is -0.343. The smallest absolute Gasteiger partial charge is 0.335 e. The van der Waals surface area contributed by atoms with Crippen LogP contribution in [-0.4, -0.2) is 23.1 Å². The van der Waals surface area contributed by atoms with E-state index in [1.165, 1.54) is 0 Å². The van der Waals surface area contributed by atoms with Gasteiger partial charge >= 0.3 is 5.97 Å². The Hall–Kier alpha value is -2.82. The van der Waals surface area contributed by atoms with Gasteiger partial charge in [-0.25, -0.2) is 4.79 Å². The monoisotopic (exact) mass is 341 g/mol. The van der Waals surface area contributed by atoms with Crippen LogP contribution in [0.15, 0.2) is 48.5 Å². The number of nitrogens with one attached hydrogen (secondary N) is 1. The molecule has 0 spiro atoms. The number of aryl methyl sites for hydroxylation is 1.